The average molecular weight is 346 g/mol. The lowest BCUT2D eigenvalue weighted by Gasteiger charge is -2.26. The van der Waals surface area contributed by atoms with Crippen LogP contribution in [-0.4, -0.2) is 90.2 Å². The Kier molecular flexibility index (Phi) is 6.39. The number of nitrogens with zero attached hydrogens (tertiary/aromatic N) is 4. The number of aliphatic hydroxyl groups is 1. The van der Waals surface area contributed by atoms with Gasteiger partial charge in [-0.25, -0.2) is 0 Å². The number of hydrogen-bond acceptors (Lipinski definition) is 5. The van der Waals surface area contributed by atoms with Gasteiger partial charge in [0.05, 0.1) is 6.42 Å². The summed E-state index contributed by atoms with van der Waals surface area (Å²) in [7, 11) is 2.18. The van der Waals surface area contributed by atoms with E-state index in [1.807, 2.05) is 17.0 Å². The predicted molar refractivity (Wildman–Crippen MR) is 97.1 cm³/mol. The number of rotatable bonds is 5. The number of carbonyl (C=O) groups is 1. The first kappa shape index (κ1) is 18.3. The van der Waals surface area contributed by atoms with Gasteiger partial charge >= 0.3 is 0 Å². The highest BCUT2D eigenvalue weighted by atomic mass is 16.3. The highest BCUT2D eigenvalue weighted by Crippen LogP contribution is 2.25. The zero-order valence-electron chi connectivity index (χ0n) is 15.2. The van der Waals surface area contributed by atoms with Gasteiger partial charge < -0.3 is 19.8 Å². The fourth-order valence-electron chi connectivity index (χ4n) is 3.96. The van der Waals surface area contributed by atoms with Gasteiger partial charge in [0.2, 0.25) is 5.91 Å². The van der Waals surface area contributed by atoms with E-state index in [-0.39, 0.29) is 18.4 Å². The van der Waals surface area contributed by atoms with Gasteiger partial charge in [0.1, 0.15) is 0 Å². The fraction of sp³-hybridized carbons (Fsp3) is 0.684. The molecule has 1 N–H and O–H groups in total. The summed E-state index contributed by atoms with van der Waals surface area (Å²) in [5, 5.41) is 9.78. The second kappa shape index (κ2) is 8.74. The minimum Gasteiger partial charge on any atom is -0.396 e. The molecule has 0 aromatic carbocycles. The van der Waals surface area contributed by atoms with E-state index in [4.69, 9.17) is 0 Å². The molecule has 6 nitrogen and oxygen atoms in total. The van der Waals surface area contributed by atoms with Crippen molar-refractivity contribution in [2.75, 3.05) is 59.5 Å². The smallest absolute Gasteiger partial charge is 0.227 e. The quantitative estimate of drug-likeness (QED) is 0.833. The lowest BCUT2D eigenvalue weighted by molar-refractivity contribution is -0.129. The Morgan fingerprint density at radius 2 is 2.08 bits per heavy atom. The maximum Gasteiger partial charge on any atom is 0.227 e. The molecule has 6 heteroatoms. The van der Waals surface area contributed by atoms with Crippen LogP contribution in [0.15, 0.2) is 24.5 Å². The Bertz CT molecular complexity index is 554. The van der Waals surface area contributed by atoms with E-state index in [0.29, 0.717) is 18.9 Å². The molecule has 2 aliphatic rings. The largest absolute Gasteiger partial charge is 0.396 e. The standard InChI is InChI=1S/C19H30N4O2/c1-21-6-3-7-22(9-8-21)12-17-13-23(14-18(17)15-24)19(25)10-16-4-2-5-20-11-16/h2,4-5,11,17-18,24H,3,6-10,12-15H2,1H3/t17-,18-/m1/s1. The Morgan fingerprint density at radius 1 is 1.24 bits per heavy atom. The maximum atomic E-state index is 12.6. The van der Waals surface area contributed by atoms with E-state index in [1.54, 1.807) is 12.4 Å². The van der Waals surface area contributed by atoms with Crippen molar-refractivity contribution in [3.8, 4) is 0 Å². The molecule has 3 rings (SSSR count). The molecule has 1 amide bonds. The summed E-state index contributed by atoms with van der Waals surface area (Å²) in [4.78, 5) is 23.5. The molecule has 0 radical (unpaired) electrons. The molecule has 2 aliphatic heterocycles. The number of pyridine rings is 1. The van der Waals surface area contributed by atoms with Crippen molar-refractivity contribution < 1.29 is 9.90 Å². The molecule has 25 heavy (non-hydrogen) atoms. The molecule has 2 saturated heterocycles. The third kappa shape index (κ3) is 5.00. The van der Waals surface area contributed by atoms with Gasteiger partial charge in [-0.15, -0.1) is 0 Å². The van der Waals surface area contributed by atoms with Crippen LogP contribution in [0.4, 0.5) is 0 Å². The van der Waals surface area contributed by atoms with E-state index in [0.717, 1.165) is 44.8 Å². The first-order chi connectivity index (χ1) is 12.2. The Labute approximate surface area is 150 Å². The third-order valence-corrected chi connectivity index (χ3v) is 5.55. The van der Waals surface area contributed by atoms with Crippen LogP contribution in [0.3, 0.4) is 0 Å². The molecule has 0 aliphatic carbocycles. The highest BCUT2D eigenvalue weighted by molar-refractivity contribution is 5.79. The van der Waals surface area contributed by atoms with Crippen molar-refractivity contribution in [1.82, 2.24) is 19.7 Å². The zero-order valence-corrected chi connectivity index (χ0v) is 15.2. The molecule has 1 aromatic heterocycles. The van der Waals surface area contributed by atoms with Crippen molar-refractivity contribution in [2.24, 2.45) is 11.8 Å². The Morgan fingerprint density at radius 3 is 2.84 bits per heavy atom. The number of aliphatic hydroxyl groups excluding tert-OH is 1. The van der Waals surface area contributed by atoms with E-state index >= 15 is 0 Å². The number of hydrogen-bond donors (Lipinski definition) is 1. The molecule has 138 valence electrons. The monoisotopic (exact) mass is 346 g/mol. The lowest BCUT2D eigenvalue weighted by atomic mass is 9.96. The Balaban J connectivity index is 1.55. The van der Waals surface area contributed by atoms with Crippen molar-refractivity contribution in [1.29, 1.82) is 0 Å². The normalized spacial score (nSPS) is 25.9. The van der Waals surface area contributed by atoms with Crippen molar-refractivity contribution >= 4 is 5.91 Å². The van der Waals surface area contributed by atoms with Crippen molar-refractivity contribution in [3.63, 3.8) is 0 Å². The molecule has 0 bridgehead atoms. The number of likely N-dealkylation sites (tertiary alicyclic amines) is 1. The van der Waals surface area contributed by atoms with Gasteiger partial charge in [-0.05, 0) is 44.1 Å². The molecule has 3 heterocycles. The first-order valence-corrected chi connectivity index (χ1v) is 9.34. The minimum absolute atomic E-state index is 0.143. The van der Waals surface area contributed by atoms with Crippen LogP contribution in [0.25, 0.3) is 0 Å². The number of aromatic nitrogens is 1. The number of amides is 1. The van der Waals surface area contributed by atoms with Crippen molar-refractivity contribution in [3.05, 3.63) is 30.1 Å². The van der Waals surface area contributed by atoms with E-state index < -0.39 is 0 Å². The summed E-state index contributed by atoms with van der Waals surface area (Å²) in [5.74, 6) is 0.703. The average Bonchev–Trinajstić information content (AvgIpc) is 2.92. The topological polar surface area (TPSA) is 59.9 Å². The van der Waals surface area contributed by atoms with Crippen LogP contribution in [0.2, 0.25) is 0 Å². The van der Waals surface area contributed by atoms with E-state index in [1.165, 1.54) is 6.42 Å². The van der Waals surface area contributed by atoms with Crippen LogP contribution in [0, 0.1) is 11.8 Å². The molecule has 0 unspecified atom stereocenters. The van der Waals surface area contributed by atoms with Crippen molar-refractivity contribution in [2.45, 2.75) is 12.8 Å². The Hall–Kier alpha value is -1.50. The summed E-state index contributed by atoms with van der Waals surface area (Å²) >= 11 is 0. The second-order valence-electron chi connectivity index (χ2n) is 7.50. The maximum absolute atomic E-state index is 12.6. The summed E-state index contributed by atoms with van der Waals surface area (Å²) < 4.78 is 0. The molecular weight excluding hydrogens is 316 g/mol. The first-order valence-electron chi connectivity index (χ1n) is 9.34. The van der Waals surface area contributed by atoms with Gasteiger partial charge in [-0.1, -0.05) is 6.07 Å². The van der Waals surface area contributed by atoms with E-state index in [2.05, 4.69) is 21.8 Å². The molecule has 2 fully saturated rings. The zero-order chi connectivity index (χ0) is 17.6. The SMILES string of the molecule is CN1CCCN(C[C@@H]2CN(C(=O)Cc3cccnc3)C[C@@H]2CO)CC1. The molecule has 1 aromatic rings. The van der Waals surface area contributed by atoms with Crippen LogP contribution >= 0.6 is 0 Å². The van der Waals surface area contributed by atoms with Gasteiger partial charge in [0.15, 0.2) is 0 Å². The molecular formula is C19H30N4O2. The molecule has 0 saturated carbocycles. The summed E-state index contributed by atoms with van der Waals surface area (Å²) in [5.41, 5.74) is 0.951. The van der Waals surface area contributed by atoms with Gasteiger partial charge in [0.25, 0.3) is 0 Å². The van der Waals surface area contributed by atoms with Crippen LogP contribution in [0.5, 0.6) is 0 Å². The minimum atomic E-state index is 0.143. The lowest BCUT2D eigenvalue weighted by Crippen LogP contribution is -2.36. The van der Waals surface area contributed by atoms with Crippen LogP contribution < -0.4 is 0 Å². The summed E-state index contributed by atoms with van der Waals surface area (Å²) in [6.07, 6.45) is 5.06. The van der Waals surface area contributed by atoms with E-state index in [9.17, 15) is 9.90 Å². The number of likely N-dealkylation sites (N-methyl/N-ethyl adjacent to an activating group) is 1. The number of carbonyl (C=O) groups excluding carboxylic acids is 1. The molecule has 2 atom stereocenters. The van der Waals surface area contributed by atoms with Crippen LogP contribution in [-0.2, 0) is 11.2 Å². The van der Waals surface area contributed by atoms with Gasteiger partial charge in [0, 0.05) is 57.6 Å². The highest BCUT2D eigenvalue weighted by Gasteiger charge is 2.35. The van der Waals surface area contributed by atoms with Crippen LogP contribution in [0.1, 0.15) is 12.0 Å². The van der Waals surface area contributed by atoms with Gasteiger partial charge in [-0.3, -0.25) is 9.78 Å². The summed E-state index contributed by atoms with van der Waals surface area (Å²) in [6.45, 7) is 7.02. The van der Waals surface area contributed by atoms with Gasteiger partial charge in [-0.2, -0.15) is 0 Å². The molecule has 0 spiro atoms. The third-order valence-electron chi connectivity index (χ3n) is 5.55. The summed E-state index contributed by atoms with van der Waals surface area (Å²) in [6, 6.07) is 3.80. The fourth-order valence-corrected chi connectivity index (χ4v) is 3.96. The predicted octanol–water partition coefficient (Wildman–Crippen LogP) is 0.329. The second-order valence-corrected chi connectivity index (χ2v) is 7.50.